The summed E-state index contributed by atoms with van der Waals surface area (Å²) in [5.74, 6) is 0.636. The lowest BCUT2D eigenvalue weighted by atomic mass is 9.71. The van der Waals surface area contributed by atoms with E-state index in [0.717, 1.165) is 38.4 Å². The molecule has 1 spiro atoms. The second-order valence-electron chi connectivity index (χ2n) is 6.10. The van der Waals surface area contributed by atoms with Gasteiger partial charge in [0, 0.05) is 12.8 Å². The van der Waals surface area contributed by atoms with E-state index in [1.807, 2.05) is 0 Å². The SMILES string of the molecule is CC(C)(C)C1CCC2(CC1)OCCCO2. The molecular formula is C13H24O2. The third kappa shape index (κ3) is 2.54. The smallest absolute Gasteiger partial charge is 0.168 e. The highest BCUT2D eigenvalue weighted by Gasteiger charge is 2.41. The summed E-state index contributed by atoms with van der Waals surface area (Å²) >= 11 is 0. The Bertz CT molecular complexity index is 201. The van der Waals surface area contributed by atoms with Crippen molar-refractivity contribution in [1.29, 1.82) is 0 Å². The van der Waals surface area contributed by atoms with Crippen LogP contribution in [0.2, 0.25) is 0 Å². The van der Waals surface area contributed by atoms with Crippen LogP contribution in [-0.2, 0) is 9.47 Å². The van der Waals surface area contributed by atoms with Crippen molar-refractivity contribution in [3.63, 3.8) is 0 Å². The molecule has 0 N–H and O–H groups in total. The monoisotopic (exact) mass is 212 g/mol. The zero-order valence-electron chi connectivity index (χ0n) is 10.3. The van der Waals surface area contributed by atoms with Gasteiger partial charge in [0.2, 0.25) is 0 Å². The molecule has 1 saturated heterocycles. The van der Waals surface area contributed by atoms with Gasteiger partial charge in [-0.3, -0.25) is 0 Å². The number of hydrogen-bond donors (Lipinski definition) is 0. The van der Waals surface area contributed by atoms with Gasteiger partial charge in [0.1, 0.15) is 0 Å². The molecule has 2 nitrogen and oxygen atoms in total. The van der Waals surface area contributed by atoms with Gasteiger partial charge in [-0.05, 0) is 30.6 Å². The molecule has 15 heavy (non-hydrogen) atoms. The summed E-state index contributed by atoms with van der Waals surface area (Å²) in [5.41, 5.74) is 0.441. The summed E-state index contributed by atoms with van der Waals surface area (Å²) in [6, 6.07) is 0. The Hall–Kier alpha value is -0.0800. The van der Waals surface area contributed by atoms with Crippen molar-refractivity contribution < 1.29 is 9.47 Å². The van der Waals surface area contributed by atoms with E-state index < -0.39 is 0 Å². The number of hydrogen-bond acceptors (Lipinski definition) is 2. The Morgan fingerprint density at radius 2 is 1.53 bits per heavy atom. The zero-order chi connectivity index (χ0) is 10.9. The Balaban J connectivity index is 1.91. The average molecular weight is 212 g/mol. The first-order chi connectivity index (χ1) is 7.02. The van der Waals surface area contributed by atoms with Gasteiger partial charge in [-0.1, -0.05) is 20.8 Å². The van der Waals surface area contributed by atoms with E-state index in [2.05, 4.69) is 20.8 Å². The van der Waals surface area contributed by atoms with Crippen LogP contribution in [-0.4, -0.2) is 19.0 Å². The molecular weight excluding hydrogens is 188 g/mol. The van der Waals surface area contributed by atoms with Crippen LogP contribution in [0.4, 0.5) is 0 Å². The normalized spacial score (nSPS) is 28.2. The highest BCUT2D eigenvalue weighted by atomic mass is 16.7. The van der Waals surface area contributed by atoms with E-state index in [1.165, 1.54) is 12.8 Å². The summed E-state index contributed by atoms with van der Waals surface area (Å²) in [6.07, 6.45) is 5.75. The van der Waals surface area contributed by atoms with Crippen LogP contribution in [0.15, 0.2) is 0 Å². The summed E-state index contributed by atoms with van der Waals surface area (Å²) in [7, 11) is 0. The highest BCUT2D eigenvalue weighted by Crippen LogP contribution is 2.44. The molecule has 2 rings (SSSR count). The van der Waals surface area contributed by atoms with Crippen molar-refractivity contribution in [3.8, 4) is 0 Å². The predicted molar refractivity (Wildman–Crippen MR) is 60.7 cm³/mol. The number of rotatable bonds is 0. The fourth-order valence-electron chi connectivity index (χ4n) is 2.83. The van der Waals surface area contributed by atoms with Crippen molar-refractivity contribution in [1.82, 2.24) is 0 Å². The van der Waals surface area contributed by atoms with Gasteiger partial charge >= 0.3 is 0 Å². The zero-order valence-corrected chi connectivity index (χ0v) is 10.3. The molecule has 0 aromatic carbocycles. The molecule has 1 heterocycles. The largest absolute Gasteiger partial charge is 0.350 e. The second-order valence-corrected chi connectivity index (χ2v) is 6.10. The van der Waals surface area contributed by atoms with E-state index in [1.54, 1.807) is 0 Å². The summed E-state index contributed by atoms with van der Waals surface area (Å²) in [4.78, 5) is 0. The standard InChI is InChI=1S/C13H24O2/c1-12(2,3)11-5-7-13(8-6-11)14-9-4-10-15-13/h11H,4-10H2,1-3H3. The topological polar surface area (TPSA) is 18.5 Å². The summed E-state index contributed by atoms with van der Waals surface area (Å²) < 4.78 is 11.7. The van der Waals surface area contributed by atoms with Crippen molar-refractivity contribution in [2.45, 2.75) is 58.7 Å². The quantitative estimate of drug-likeness (QED) is 0.613. The van der Waals surface area contributed by atoms with E-state index in [-0.39, 0.29) is 5.79 Å². The van der Waals surface area contributed by atoms with Gasteiger partial charge in [0.05, 0.1) is 13.2 Å². The van der Waals surface area contributed by atoms with Crippen LogP contribution in [0.5, 0.6) is 0 Å². The van der Waals surface area contributed by atoms with E-state index in [4.69, 9.17) is 9.47 Å². The molecule has 2 heteroatoms. The maximum atomic E-state index is 5.85. The van der Waals surface area contributed by atoms with Crippen LogP contribution >= 0.6 is 0 Å². The minimum absolute atomic E-state index is 0.194. The molecule has 0 bridgehead atoms. The first-order valence-electron chi connectivity index (χ1n) is 6.30. The molecule has 0 aromatic rings. The van der Waals surface area contributed by atoms with Crippen molar-refractivity contribution in [2.24, 2.45) is 11.3 Å². The first-order valence-corrected chi connectivity index (χ1v) is 6.30. The minimum Gasteiger partial charge on any atom is -0.350 e. The molecule has 2 aliphatic rings. The Kier molecular flexibility index (Phi) is 3.09. The molecule has 1 saturated carbocycles. The van der Waals surface area contributed by atoms with Crippen molar-refractivity contribution >= 4 is 0 Å². The van der Waals surface area contributed by atoms with Crippen molar-refractivity contribution in [3.05, 3.63) is 0 Å². The number of ether oxygens (including phenoxy) is 2. The maximum absolute atomic E-state index is 5.85. The Morgan fingerprint density at radius 3 is 2.00 bits per heavy atom. The van der Waals surface area contributed by atoms with Crippen molar-refractivity contribution in [2.75, 3.05) is 13.2 Å². The Morgan fingerprint density at radius 1 is 1.00 bits per heavy atom. The second kappa shape index (κ2) is 4.06. The summed E-state index contributed by atoms with van der Waals surface area (Å²) in [6.45, 7) is 8.81. The fourth-order valence-corrected chi connectivity index (χ4v) is 2.83. The lowest BCUT2D eigenvalue weighted by molar-refractivity contribution is -0.285. The molecule has 2 fully saturated rings. The average Bonchev–Trinajstić information content (AvgIpc) is 2.18. The van der Waals surface area contributed by atoms with Gasteiger partial charge in [0.25, 0.3) is 0 Å². The van der Waals surface area contributed by atoms with Crippen LogP contribution < -0.4 is 0 Å². The molecule has 0 aromatic heterocycles. The van der Waals surface area contributed by atoms with E-state index in [0.29, 0.717) is 5.41 Å². The van der Waals surface area contributed by atoms with Gasteiger partial charge in [0.15, 0.2) is 5.79 Å². The Labute approximate surface area is 93.3 Å². The van der Waals surface area contributed by atoms with E-state index in [9.17, 15) is 0 Å². The molecule has 0 amide bonds. The lowest BCUT2D eigenvalue weighted by Crippen LogP contribution is -2.45. The highest BCUT2D eigenvalue weighted by molar-refractivity contribution is 4.86. The molecule has 1 aliphatic heterocycles. The molecule has 0 atom stereocenters. The molecule has 1 aliphatic carbocycles. The molecule has 88 valence electrons. The van der Waals surface area contributed by atoms with Crippen LogP contribution in [0.1, 0.15) is 52.9 Å². The van der Waals surface area contributed by atoms with Gasteiger partial charge in [-0.15, -0.1) is 0 Å². The first kappa shape index (κ1) is 11.4. The minimum atomic E-state index is -0.194. The lowest BCUT2D eigenvalue weighted by Gasteiger charge is -2.45. The van der Waals surface area contributed by atoms with Gasteiger partial charge in [-0.2, -0.15) is 0 Å². The van der Waals surface area contributed by atoms with E-state index >= 15 is 0 Å². The van der Waals surface area contributed by atoms with Crippen LogP contribution in [0.3, 0.4) is 0 Å². The third-order valence-electron chi connectivity index (χ3n) is 3.99. The van der Waals surface area contributed by atoms with Crippen LogP contribution in [0.25, 0.3) is 0 Å². The fraction of sp³-hybridized carbons (Fsp3) is 1.00. The van der Waals surface area contributed by atoms with Gasteiger partial charge in [-0.25, -0.2) is 0 Å². The van der Waals surface area contributed by atoms with Crippen LogP contribution in [0, 0.1) is 11.3 Å². The molecule has 0 radical (unpaired) electrons. The predicted octanol–water partition coefficient (Wildman–Crippen LogP) is 3.36. The van der Waals surface area contributed by atoms with Gasteiger partial charge < -0.3 is 9.47 Å². The molecule has 0 unspecified atom stereocenters. The maximum Gasteiger partial charge on any atom is 0.168 e. The summed E-state index contributed by atoms with van der Waals surface area (Å²) in [5, 5.41) is 0. The third-order valence-corrected chi connectivity index (χ3v) is 3.99.